The zero-order valence-corrected chi connectivity index (χ0v) is 17.3. The van der Waals surface area contributed by atoms with Crippen LogP contribution in [0.5, 0.6) is 5.75 Å². The Morgan fingerprint density at radius 2 is 1.89 bits per heavy atom. The molecule has 0 aliphatic carbocycles. The van der Waals surface area contributed by atoms with Crippen molar-refractivity contribution >= 4 is 28.4 Å². The standard InChI is InChI=1S/C23H26N2O2S/c1-17-23(22(26)16-24-10-12-28-13-11-24)20-14-19(27-2)8-9-21(20)25(17)15-18-6-4-3-5-7-18/h3-9,14H,10-13,15-16H2,1-2H3/p+1. The van der Waals surface area contributed by atoms with E-state index in [4.69, 9.17) is 4.74 Å². The van der Waals surface area contributed by atoms with Crippen molar-refractivity contribution < 1.29 is 14.4 Å². The molecule has 0 radical (unpaired) electrons. The largest absolute Gasteiger partial charge is 0.497 e. The summed E-state index contributed by atoms with van der Waals surface area (Å²) in [6.45, 7) is 5.55. The van der Waals surface area contributed by atoms with Gasteiger partial charge in [-0.3, -0.25) is 4.79 Å². The summed E-state index contributed by atoms with van der Waals surface area (Å²) in [5.74, 6) is 3.32. The molecule has 3 aromatic rings. The van der Waals surface area contributed by atoms with E-state index in [9.17, 15) is 4.79 Å². The molecule has 2 heterocycles. The number of nitrogens with one attached hydrogen (secondary N) is 1. The molecule has 1 saturated heterocycles. The Labute approximate surface area is 170 Å². The molecule has 1 aromatic heterocycles. The average Bonchev–Trinajstić information content (AvgIpc) is 3.00. The monoisotopic (exact) mass is 395 g/mol. The van der Waals surface area contributed by atoms with Crippen LogP contribution in [0.15, 0.2) is 48.5 Å². The van der Waals surface area contributed by atoms with Gasteiger partial charge >= 0.3 is 0 Å². The molecule has 5 heteroatoms. The number of quaternary nitrogens is 1. The lowest BCUT2D eigenvalue weighted by molar-refractivity contribution is -0.887. The van der Waals surface area contributed by atoms with Crippen molar-refractivity contribution in [1.29, 1.82) is 0 Å². The lowest BCUT2D eigenvalue weighted by Gasteiger charge is -2.22. The number of rotatable bonds is 6. The predicted octanol–water partition coefficient (Wildman–Crippen LogP) is 2.82. The number of fused-ring (bicyclic) bond motifs is 1. The molecule has 2 aromatic carbocycles. The summed E-state index contributed by atoms with van der Waals surface area (Å²) in [6.07, 6.45) is 0. The molecule has 1 aliphatic rings. The topological polar surface area (TPSA) is 35.7 Å². The fraction of sp³-hybridized carbons (Fsp3) is 0.348. The summed E-state index contributed by atoms with van der Waals surface area (Å²) in [5.41, 5.74) is 4.23. The second-order valence-electron chi connectivity index (χ2n) is 7.38. The molecule has 1 N–H and O–H groups in total. The molecule has 1 fully saturated rings. The van der Waals surface area contributed by atoms with Gasteiger partial charge < -0.3 is 14.2 Å². The fourth-order valence-corrected chi connectivity index (χ4v) is 5.13. The number of ether oxygens (including phenoxy) is 1. The molecule has 4 nitrogen and oxygen atoms in total. The summed E-state index contributed by atoms with van der Waals surface area (Å²) < 4.78 is 7.71. The first-order valence-corrected chi connectivity index (χ1v) is 11.0. The number of hydrogen-bond acceptors (Lipinski definition) is 3. The van der Waals surface area contributed by atoms with Crippen LogP contribution in [-0.4, -0.2) is 48.6 Å². The maximum Gasteiger partial charge on any atom is 0.219 e. The van der Waals surface area contributed by atoms with Crippen molar-refractivity contribution in [2.24, 2.45) is 0 Å². The maximum atomic E-state index is 13.3. The van der Waals surface area contributed by atoms with Crippen LogP contribution in [0.4, 0.5) is 0 Å². The van der Waals surface area contributed by atoms with Crippen LogP contribution in [0.2, 0.25) is 0 Å². The quantitative estimate of drug-likeness (QED) is 0.652. The number of thioether (sulfide) groups is 1. The molecule has 0 bridgehead atoms. The highest BCUT2D eigenvalue weighted by Crippen LogP contribution is 2.30. The Kier molecular flexibility index (Phi) is 5.74. The van der Waals surface area contributed by atoms with E-state index < -0.39 is 0 Å². The van der Waals surface area contributed by atoms with Crippen LogP contribution in [-0.2, 0) is 6.54 Å². The minimum Gasteiger partial charge on any atom is -0.497 e. The zero-order valence-electron chi connectivity index (χ0n) is 16.5. The first-order valence-electron chi connectivity index (χ1n) is 9.82. The van der Waals surface area contributed by atoms with Crippen LogP contribution < -0.4 is 9.64 Å². The summed E-state index contributed by atoms with van der Waals surface area (Å²) in [6, 6.07) is 16.5. The lowest BCUT2D eigenvalue weighted by Crippen LogP contribution is -3.14. The van der Waals surface area contributed by atoms with Crippen LogP contribution in [0.25, 0.3) is 10.9 Å². The van der Waals surface area contributed by atoms with Gasteiger partial charge in [-0.1, -0.05) is 30.3 Å². The van der Waals surface area contributed by atoms with Crippen LogP contribution in [0.3, 0.4) is 0 Å². The van der Waals surface area contributed by atoms with Crippen molar-refractivity contribution in [3.05, 3.63) is 65.4 Å². The van der Waals surface area contributed by atoms with Gasteiger partial charge in [-0.2, -0.15) is 11.8 Å². The smallest absolute Gasteiger partial charge is 0.219 e. The Morgan fingerprint density at radius 1 is 1.14 bits per heavy atom. The number of methoxy groups -OCH3 is 1. The number of hydrogen-bond donors (Lipinski definition) is 1. The zero-order chi connectivity index (χ0) is 19.5. The average molecular weight is 396 g/mol. The van der Waals surface area contributed by atoms with Gasteiger partial charge in [0, 0.05) is 34.6 Å². The highest BCUT2D eigenvalue weighted by molar-refractivity contribution is 7.99. The second-order valence-corrected chi connectivity index (χ2v) is 8.60. The van der Waals surface area contributed by atoms with Crippen LogP contribution in [0.1, 0.15) is 21.6 Å². The first kappa shape index (κ1) is 19.1. The van der Waals surface area contributed by atoms with Crippen molar-refractivity contribution in [1.82, 2.24) is 4.57 Å². The summed E-state index contributed by atoms with van der Waals surface area (Å²) >= 11 is 1.98. The molecule has 146 valence electrons. The van der Waals surface area contributed by atoms with Gasteiger partial charge in [0.25, 0.3) is 0 Å². The fourth-order valence-electron chi connectivity index (χ4n) is 4.06. The molecular weight excluding hydrogens is 368 g/mol. The third kappa shape index (κ3) is 3.82. The van der Waals surface area contributed by atoms with Crippen molar-refractivity contribution in [3.63, 3.8) is 0 Å². The molecular formula is C23H27N2O2S+. The summed E-state index contributed by atoms with van der Waals surface area (Å²) in [5, 5.41) is 1.00. The normalized spacial score (nSPS) is 15.1. The van der Waals surface area contributed by atoms with Gasteiger partial charge in [0.05, 0.1) is 25.8 Å². The third-order valence-corrected chi connectivity index (χ3v) is 6.59. The number of ketones is 1. The summed E-state index contributed by atoms with van der Waals surface area (Å²) in [7, 11) is 1.67. The minimum absolute atomic E-state index is 0.240. The minimum atomic E-state index is 0.240. The van der Waals surface area contributed by atoms with E-state index in [1.54, 1.807) is 7.11 Å². The highest BCUT2D eigenvalue weighted by Gasteiger charge is 2.25. The van der Waals surface area contributed by atoms with Gasteiger partial charge in [-0.05, 0) is 30.7 Å². The predicted molar refractivity (Wildman–Crippen MR) is 116 cm³/mol. The highest BCUT2D eigenvalue weighted by atomic mass is 32.2. The molecule has 0 atom stereocenters. The SMILES string of the molecule is COc1ccc2c(c1)c(C(=O)C[NH+]1CCSCC1)c(C)n2Cc1ccccc1. The van der Waals surface area contributed by atoms with E-state index in [0.717, 1.165) is 59.0 Å². The number of Topliss-reactive ketones (excluding diaryl/α,β-unsaturated/α-hetero) is 1. The van der Waals surface area contributed by atoms with Crippen LogP contribution >= 0.6 is 11.8 Å². The van der Waals surface area contributed by atoms with E-state index in [1.807, 2.05) is 30.0 Å². The molecule has 1 aliphatic heterocycles. The van der Waals surface area contributed by atoms with Crippen LogP contribution in [0, 0.1) is 6.92 Å². The maximum absolute atomic E-state index is 13.3. The lowest BCUT2D eigenvalue weighted by atomic mass is 10.1. The summed E-state index contributed by atoms with van der Waals surface area (Å²) in [4.78, 5) is 14.7. The number of nitrogens with zero attached hydrogens (tertiary/aromatic N) is 1. The Bertz CT molecular complexity index is 975. The van der Waals surface area contributed by atoms with Crippen molar-refractivity contribution in [3.8, 4) is 5.75 Å². The molecule has 0 spiro atoms. The first-order chi connectivity index (χ1) is 13.7. The van der Waals surface area contributed by atoms with Crippen molar-refractivity contribution in [2.45, 2.75) is 13.5 Å². The van der Waals surface area contributed by atoms with Gasteiger partial charge in [0.15, 0.2) is 0 Å². The van der Waals surface area contributed by atoms with E-state index >= 15 is 0 Å². The van der Waals surface area contributed by atoms with Gasteiger partial charge in [-0.25, -0.2) is 0 Å². The molecule has 0 amide bonds. The second kappa shape index (κ2) is 8.41. The molecule has 4 rings (SSSR count). The van der Waals surface area contributed by atoms with Gasteiger partial charge in [0.1, 0.15) is 12.3 Å². The van der Waals surface area contributed by atoms with E-state index in [-0.39, 0.29) is 5.78 Å². The Morgan fingerprint density at radius 3 is 2.61 bits per heavy atom. The Balaban J connectivity index is 1.75. The van der Waals surface area contributed by atoms with Gasteiger partial charge in [-0.15, -0.1) is 0 Å². The number of aromatic nitrogens is 1. The molecule has 0 saturated carbocycles. The Hall–Kier alpha value is -2.24. The third-order valence-electron chi connectivity index (χ3n) is 5.60. The van der Waals surface area contributed by atoms with E-state index in [1.165, 1.54) is 10.5 Å². The van der Waals surface area contributed by atoms with Crippen molar-refractivity contribution in [2.75, 3.05) is 38.2 Å². The van der Waals surface area contributed by atoms with E-state index in [0.29, 0.717) is 6.54 Å². The number of carbonyl (C=O) groups excluding carboxylic acids is 1. The number of benzene rings is 2. The van der Waals surface area contributed by atoms with Gasteiger partial charge in [0.2, 0.25) is 5.78 Å². The molecule has 0 unspecified atom stereocenters. The number of carbonyl (C=O) groups is 1. The molecule has 28 heavy (non-hydrogen) atoms. The van der Waals surface area contributed by atoms with E-state index in [2.05, 4.69) is 41.8 Å².